The van der Waals surface area contributed by atoms with E-state index in [2.05, 4.69) is 40.7 Å². The third-order valence-electron chi connectivity index (χ3n) is 7.83. The van der Waals surface area contributed by atoms with E-state index >= 15 is 0 Å². The van der Waals surface area contributed by atoms with Gasteiger partial charge in [0.25, 0.3) is 38.9 Å². The van der Waals surface area contributed by atoms with Gasteiger partial charge in [0.15, 0.2) is 11.4 Å². The molecule has 5 rings (SSSR count). The number of phenols is 1. The Bertz CT molecular complexity index is 2850. The number of phenolic OH excluding ortho intramolecular Hbond substituents is 1. The number of hydrogen-bond donors (Lipinski definition) is 5. The summed E-state index contributed by atoms with van der Waals surface area (Å²) in [6.45, 7) is 1.79. The molecule has 5 aromatic carbocycles. The number of aromatic hydroxyl groups is 1. The minimum absolute atomic E-state index is 0.0898. The lowest BCUT2D eigenvalue weighted by Gasteiger charge is -2.14. The van der Waals surface area contributed by atoms with Crippen LogP contribution in [0.4, 0.5) is 51.2 Å². The van der Waals surface area contributed by atoms with Crippen LogP contribution in [0.15, 0.2) is 113 Å². The summed E-state index contributed by atoms with van der Waals surface area (Å²) in [6, 6.07) is 15.0. The van der Waals surface area contributed by atoms with E-state index in [0.29, 0.717) is 23.0 Å². The van der Waals surface area contributed by atoms with Crippen LogP contribution < -0.4 is 15.8 Å². The lowest BCUT2D eigenvalue weighted by molar-refractivity contribution is -0.384. The average Bonchev–Trinajstić information content (AvgIpc) is 3.16. The molecule has 1 amide bonds. The lowest BCUT2D eigenvalue weighted by Crippen LogP contribution is -2.14. The molecule has 5 aromatic rings. The highest BCUT2D eigenvalue weighted by Gasteiger charge is 2.29. The maximum Gasteiger partial charge on any atom is 0.298 e. The van der Waals surface area contributed by atoms with E-state index in [1.54, 1.807) is 25.1 Å². The third kappa shape index (κ3) is 10.2. The normalized spacial score (nSPS) is 12.0. The molecular formula is C34H27N9O14S2. The number of ether oxygens (including phenoxy) is 2. The molecule has 0 bridgehead atoms. The van der Waals surface area contributed by atoms with Crippen LogP contribution in [0.1, 0.15) is 12.0 Å². The molecule has 25 heteroatoms. The van der Waals surface area contributed by atoms with Crippen LogP contribution in [0.25, 0.3) is 10.8 Å². The standard InChI is InChI=1S/C34H27N9O14S2/c1-18-11-21(6-7-24(18)39-37-20-3-2-4-22(12-20)57-17-45)38-41-26-15-28(58(50,51)52)23-14-29(59(53,54)55)33(34(47)31(23)32(26)35)42-40-25-8-5-19(13-27(25)43(48)49)36-30(46)9-10-56-16-44/h2-8,11-17,47H,9-10,35H2,1H3,(H,36,46)(H,50,51,52)(H,53,54,55). The first-order valence-corrected chi connectivity index (χ1v) is 19.1. The zero-order valence-corrected chi connectivity index (χ0v) is 31.5. The van der Waals surface area contributed by atoms with E-state index in [9.17, 15) is 55.5 Å². The van der Waals surface area contributed by atoms with E-state index in [-0.39, 0.29) is 43.1 Å². The van der Waals surface area contributed by atoms with E-state index in [1.165, 1.54) is 24.3 Å². The number of fused-ring (bicyclic) bond motifs is 1. The highest BCUT2D eigenvalue weighted by molar-refractivity contribution is 7.86. The Morgan fingerprint density at radius 2 is 1.49 bits per heavy atom. The quantitative estimate of drug-likeness (QED) is 0.0125. The second-order valence-corrected chi connectivity index (χ2v) is 14.5. The van der Waals surface area contributed by atoms with Crippen LogP contribution in [-0.2, 0) is 39.4 Å². The monoisotopic (exact) mass is 849 g/mol. The number of hydrogen-bond acceptors (Lipinski definition) is 19. The molecule has 304 valence electrons. The van der Waals surface area contributed by atoms with Gasteiger partial charge in [0.1, 0.15) is 26.9 Å². The molecule has 23 nitrogen and oxygen atoms in total. The Balaban J connectivity index is 1.57. The molecule has 0 saturated heterocycles. The van der Waals surface area contributed by atoms with Gasteiger partial charge in [0, 0.05) is 23.2 Å². The van der Waals surface area contributed by atoms with Crippen LogP contribution in [0.3, 0.4) is 0 Å². The second-order valence-electron chi connectivity index (χ2n) is 11.8. The van der Waals surface area contributed by atoms with Crippen molar-refractivity contribution in [1.82, 2.24) is 0 Å². The van der Waals surface area contributed by atoms with E-state index < -0.39 is 85.8 Å². The maximum absolute atomic E-state index is 12.6. The minimum Gasteiger partial charge on any atom is -0.505 e. The van der Waals surface area contributed by atoms with Crippen LogP contribution >= 0.6 is 0 Å². The van der Waals surface area contributed by atoms with Crippen LogP contribution in [0.5, 0.6) is 11.5 Å². The van der Waals surface area contributed by atoms with E-state index in [1.807, 2.05) is 0 Å². The number of nitrogens with zero attached hydrogens (tertiary/aromatic N) is 7. The number of benzene rings is 5. The first-order chi connectivity index (χ1) is 27.9. The molecule has 59 heavy (non-hydrogen) atoms. The fraction of sp³-hybridized carbons (Fsp3) is 0.0882. The number of aryl methyl sites for hydroxylation is 1. The van der Waals surface area contributed by atoms with Crippen molar-refractivity contribution >= 4 is 101 Å². The Kier molecular flexibility index (Phi) is 12.7. The van der Waals surface area contributed by atoms with E-state index in [4.69, 9.17) is 10.5 Å². The van der Waals surface area contributed by atoms with Gasteiger partial charge in [-0.1, -0.05) is 6.07 Å². The summed E-state index contributed by atoms with van der Waals surface area (Å²) in [6.07, 6.45) is -0.279. The number of nitrogens with one attached hydrogen (secondary N) is 1. The van der Waals surface area contributed by atoms with Crippen molar-refractivity contribution in [2.75, 3.05) is 17.7 Å². The Hall–Kier alpha value is -7.61. The highest BCUT2D eigenvalue weighted by atomic mass is 32.2. The zero-order valence-electron chi connectivity index (χ0n) is 29.9. The summed E-state index contributed by atoms with van der Waals surface area (Å²) in [5.41, 5.74) is 4.32. The van der Waals surface area contributed by atoms with Crippen molar-refractivity contribution in [3.63, 3.8) is 0 Å². The first kappa shape index (κ1) is 42.5. The molecule has 0 aromatic heterocycles. The van der Waals surface area contributed by atoms with Gasteiger partial charge < -0.3 is 25.6 Å². The maximum atomic E-state index is 12.6. The predicted molar refractivity (Wildman–Crippen MR) is 205 cm³/mol. The molecule has 0 aliphatic carbocycles. The predicted octanol–water partition coefficient (Wildman–Crippen LogP) is 7.12. The molecule has 0 heterocycles. The highest BCUT2D eigenvalue weighted by Crippen LogP contribution is 2.48. The number of nitro benzene ring substituents is 1. The van der Waals surface area contributed by atoms with Crippen LogP contribution in [-0.4, -0.2) is 61.4 Å². The average molecular weight is 850 g/mol. The number of rotatable bonds is 16. The summed E-state index contributed by atoms with van der Waals surface area (Å²) in [5, 5.41) is 47.9. The Labute approximate surface area is 331 Å². The van der Waals surface area contributed by atoms with Gasteiger partial charge in [0.05, 0.1) is 46.1 Å². The number of carbonyl (C=O) groups is 3. The summed E-state index contributed by atoms with van der Waals surface area (Å²) in [4.78, 5) is 41.7. The van der Waals surface area contributed by atoms with Crippen molar-refractivity contribution < 1.29 is 59.8 Å². The van der Waals surface area contributed by atoms with E-state index in [0.717, 1.165) is 24.3 Å². The first-order valence-electron chi connectivity index (χ1n) is 16.2. The summed E-state index contributed by atoms with van der Waals surface area (Å²) < 4.78 is 79.6. The second kappa shape index (κ2) is 17.7. The summed E-state index contributed by atoms with van der Waals surface area (Å²) in [7, 11) is -10.6. The fourth-order valence-corrected chi connectivity index (χ4v) is 6.52. The van der Waals surface area contributed by atoms with Gasteiger partial charge in [-0.05, 0) is 67.1 Å². The van der Waals surface area contributed by atoms with Crippen LogP contribution in [0, 0.1) is 17.0 Å². The Morgan fingerprint density at radius 3 is 2.14 bits per heavy atom. The number of amides is 1. The van der Waals surface area contributed by atoms with Crippen molar-refractivity contribution in [3.8, 4) is 11.5 Å². The van der Waals surface area contributed by atoms with Crippen molar-refractivity contribution in [2.24, 2.45) is 30.7 Å². The largest absolute Gasteiger partial charge is 0.505 e. The molecule has 0 saturated carbocycles. The number of nitrogens with two attached hydrogens (primary N) is 1. The van der Waals surface area contributed by atoms with Gasteiger partial charge in [-0.15, -0.1) is 15.3 Å². The molecule has 0 aliphatic heterocycles. The third-order valence-corrected chi connectivity index (χ3v) is 9.59. The topological polar surface area (TPSA) is 354 Å². The number of nitrogen functional groups attached to an aromatic ring is 1. The van der Waals surface area contributed by atoms with Crippen molar-refractivity contribution in [2.45, 2.75) is 23.1 Å². The SMILES string of the molecule is Cc1cc(N=Nc2cc(S(=O)(=O)O)c3cc(S(=O)(=O)O)c(N=Nc4ccc(NC(=O)CCOC=O)cc4[N+](=O)[O-])c(O)c3c2N)ccc1N=Nc1cccc(OC=O)c1. The number of carbonyl (C=O) groups excluding carboxylic acids is 3. The summed E-state index contributed by atoms with van der Waals surface area (Å²) >= 11 is 0. The number of nitro groups is 1. The van der Waals surface area contributed by atoms with Gasteiger partial charge in [-0.2, -0.15) is 32.2 Å². The number of azo groups is 3. The molecule has 0 spiro atoms. The van der Waals surface area contributed by atoms with Crippen molar-refractivity contribution in [3.05, 3.63) is 88.5 Å². The smallest absolute Gasteiger partial charge is 0.298 e. The molecule has 0 fully saturated rings. The summed E-state index contributed by atoms with van der Waals surface area (Å²) in [5.74, 6) is -1.63. The number of anilines is 2. The fourth-order valence-electron chi connectivity index (χ4n) is 5.17. The molecule has 6 N–H and O–H groups in total. The Morgan fingerprint density at radius 1 is 0.831 bits per heavy atom. The minimum atomic E-state index is -5.39. The zero-order chi connectivity index (χ0) is 43.1. The molecule has 0 radical (unpaired) electrons. The molecule has 0 aliphatic rings. The van der Waals surface area contributed by atoms with Crippen molar-refractivity contribution in [1.29, 1.82) is 0 Å². The van der Waals surface area contributed by atoms with Gasteiger partial charge in [0.2, 0.25) is 5.91 Å². The van der Waals surface area contributed by atoms with Gasteiger partial charge in [-0.3, -0.25) is 33.6 Å². The lowest BCUT2D eigenvalue weighted by atomic mass is 10.0. The van der Waals surface area contributed by atoms with Crippen LogP contribution in [0.2, 0.25) is 0 Å². The van der Waals surface area contributed by atoms with Gasteiger partial charge in [-0.25, -0.2) is 0 Å². The molecular weight excluding hydrogens is 823 g/mol. The molecule has 0 unspecified atom stereocenters. The van der Waals surface area contributed by atoms with Gasteiger partial charge >= 0.3 is 0 Å². The molecule has 0 atom stereocenters.